The largest absolute Gasteiger partial charge is 0.339 e. The number of carbonyl (C=O) groups is 1. The predicted octanol–water partition coefficient (Wildman–Crippen LogP) is 1.88. The Morgan fingerprint density at radius 3 is 2.60 bits per heavy atom. The lowest BCUT2D eigenvalue weighted by Crippen LogP contribution is -2.56. The van der Waals surface area contributed by atoms with Crippen molar-refractivity contribution in [3.8, 4) is 6.07 Å². The quantitative estimate of drug-likeness (QED) is 0.867. The van der Waals surface area contributed by atoms with Crippen molar-refractivity contribution in [1.29, 1.82) is 5.26 Å². The Balaban J connectivity index is 1.70. The van der Waals surface area contributed by atoms with Gasteiger partial charge in [0.05, 0.1) is 17.9 Å². The van der Waals surface area contributed by atoms with Gasteiger partial charge in [-0.3, -0.25) is 4.79 Å². The van der Waals surface area contributed by atoms with E-state index in [1.807, 2.05) is 6.07 Å². The summed E-state index contributed by atoms with van der Waals surface area (Å²) in [4.78, 5) is 14.4. The molecule has 0 radical (unpaired) electrons. The predicted molar refractivity (Wildman–Crippen MR) is 94.3 cm³/mol. The van der Waals surface area contributed by atoms with Crippen molar-refractivity contribution in [2.45, 2.75) is 37.6 Å². The van der Waals surface area contributed by atoms with E-state index in [9.17, 15) is 13.2 Å². The highest BCUT2D eigenvalue weighted by molar-refractivity contribution is 7.88. The van der Waals surface area contributed by atoms with Gasteiger partial charge in [-0.15, -0.1) is 0 Å². The number of nitriles is 1. The van der Waals surface area contributed by atoms with Gasteiger partial charge in [0.2, 0.25) is 10.0 Å². The van der Waals surface area contributed by atoms with Crippen LogP contribution >= 0.6 is 0 Å². The van der Waals surface area contributed by atoms with Crippen LogP contribution in [0.4, 0.5) is 0 Å². The molecule has 2 aliphatic rings. The van der Waals surface area contributed by atoms with Crippen molar-refractivity contribution in [2.75, 3.05) is 19.3 Å². The molecule has 1 amide bonds. The molecule has 1 aromatic carbocycles. The number of likely N-dealkylation sites (tertiary alicyclic amines) is 1. The van der Waals surface area contributed by atoms with Gasteiger partial charge < -0.3 is 4.90 Å². The molecule has 1 aliphatic heterocycles. The molecule has 1 heterocycles. The van der Waals surface area contributed by atoms with E-state index in [2.05, 4.69) is 4.72 Å². The molecule has 1 aromatic rings. The lowest BCUT2D eigenvalue weighted by Gasteiger charge is -2.42. The number of carbonyl (C=O) groups excluding carboxylic acids is 1. The minimum Gasteiger partial charge on any atom is -0.339 e. The Kier molecular flexibility index (Phi) is 4.85. The molecule has 3 rings (SSSR count). The van der Waals surface area contributed by atoms with Crippen LogP contribution in [-0.2, 0) is 10.0 Å². The zero-order chi connectivity index (χ0) is 18.1. The Labute approximate surface area is 148 Å². The number of hydrogen-bond donors (Lipinski definition) is 1. The number of sulfonamides is 1. The van der Waals surface area contributed by atoms with Crippen LogP contribution in [0.15, 0.2) is 24.3 Å². The fraction of sp³-hybridized carbons (Fsp3) is 0.556. The Morgan fingerprint density at radius 2 is 2.04 bits per heavy atom. The van der Waals surface area contributed by atoms with Crippen molar-refractivity contribution >= 4 is 15.9 Å². The van der Waals surface area contributed by atoms with Gasteiger partial charge in [0.15, 0.2) is 0 Å². The van der Waals surface area contributed by atoms with E-state index in [1.54, 1.807) is 29.2 Å². The molecule has 1 saturated heterocycles. The van der Waals surface area contributed by atoms with Crippen LogP contribution in [0.1, 0.15) is 48.0 Å². The van der Waals surface area contributed by atoms with Gasteiger partial charge >= 0.3 is 0 Å². The standard InChI is InChI=1S/C18H23N3O3S/c1-25(23,24)20-18(12-14-5-6-14)7-9-21(10-8-18)17(22)16-4-2-3-15(11-16)13-19/h2-4,11,14,20H,5-10,12H2,1H3. The molecule has 6 nitrogen and oxygen atoms in total. The minimum absolute atomic E-state index is 0.100. The number of benzene rings is 1. The van der Waals surface area contributed by atoms with Gasteiger partial charge in [0.1, 0.15) is 0 Å². The molecule has 134 valence electrons. The second-order valence-corrected chi connectivity index (χ2v) is 9.04. The molecule has 0 spiro atoms. The van der Waals surface area contributed by atoms with Gasteiger partial charge in [-0.1, -0.05) is 18.9 Å². The average Bonchev–Trinajstić information content (AvgIpc) is 3.37. The lowest BCUT2D eigenvalue weighted by atomic mass is 9.83. The normalized spacial score (nSPS) is 20.1. The van der Waals surface area contributed by atoms with E-state index in [-0.39, 0.29) is 5.91 Å². The summed E-state index contributed by atoms with van der Waals surface area (Å²) in [6.07, 6.45) is 5.63. The monoisotopic (exact) mass is 361 g/mol. The Hall–Kier alpha value is -1.91. The molecular weight excluding hydrogens is 338 g/mol. The first kappa shape index (κ1) is 17.9. The summed E-state index contributed by atoms with van der Waals surface area (Å²) in [6.45, 7) is 1.04. The molecule has 1 saturated carbocycles. The highest BCUT2D eigenvalue weighted by Crippen LogP contribution is 2.41. The third-order valence-corrected chi connectivity index (χ3v) is 5.83. The number of rotatable bonds is 5. The number of hydrogen-bond acceptors (Lipinski definition) is 4. The number of amides is 1. The third-order valence-electron chi connectivity index (χ3n) is 5.02. The van der Waals surface area contributed by atoms with Crippen LogP contribution in [0.2, 0.25) is 0 Å². The maximum Gasteiger partial charge on any atom is 0.253 e. The first-order valence-corrected chi connectivity index (χ1v) is 10.5. The summed E-state index contributed by atoms with van der Waals surface area (Å²) in [5, 5.41) is 8.98. The van der Waals surface area contributed by atoms with Crippen LogP contribution in [0.5, 0.6) is 0 Å². The minimum atomic E-state index is -3.29. The van der Waals surface area contributed by atoms with Gasteiger partial charge in [-0.2, -0.15) is 5.26 Å². The summed E-state index contributed by atoms with van der Waals surface area (Å²) in [5.74, 6) is 0.500. The van der Waals surface area contributed by atoms with Crippen LogP contribution in [0, 0.1) is 17.2 Å². The van der Waals surface area contributed by atoms with Crippen LogP contribution in [0.3, 0.4) is 0 Å². The van der Waals surface area contributed by atoms with Crippen LogP contribution < -0.4 is 4.72 Å². The van der Waals surface area contributed by atoms with Crippen molar-refractivity contribution < 1.29 is 13.2 Å². The second kappa shape index (κ2) is 6.77. The van der Waals surface area contributed by atoms with Crippen molar-refractivity contribution in [3.63, 3.8) is 0 Å². The van der Waals surface area contributed by atoms with Gasteiger partial charge in [0, 0.05) is 24.2 Å². The van der Waals surface area contributed by atoms with E-state index >= 15 is 0 Å². The van der Waals surface area contributed by atoms with Crippen molar-refractivity contribution in [2.24, 2.45) is 5.92 Å². The number of piperidine rings is 1. The molecule has 7 heteroatoms. The van der Waals surface area contributed by atoms with E-state index in [1.165, 1.54) is 6.26 Å². The smallest absolute Gasteiger partial charge is 0.253 e. The fourth-order valence-corrected chi connectivity index (χ4v) is 4.73. The molecule has 0 unspecified atom stereocenters. The van der Waals surface area contributed by atoms with Gasteiger partial charge in [-0.05, 0) is 43.4 Å². The highest BCUT2D eigenvalue weighted by Gasteiger charge is 2.42. The first-order chi connectivity index (χ1) is 11.8. The highest BCUT2D eigenvalue weighted by atomic mass is 32.2. The Bertz CT molecular complexity index is 801. The fourth-order valence-electron chi connectivity index (χ4n) is 3.66. The van der Waals surface area contributed by atoms with Crippen molar-refractivity contribution in [3.05, 3.63) is 35.4 Å². The maximum atomic E-state index is 12.7. The first-order valence-electron chi connectivity index (χ1n) is 8.59. The van der Waals surface area contributed by atoms with Crippen molar-refractivity contribution in [1.82, 2.24) is 9.62 Å². The molecule has 0 atom stereocenters. The van der Waals surface area contributed by atoms with E-state index in [4.69, 9.17) is 5.26 Å². The third kappa shape index (κ3) is 4.59. The molecule has 1 aliphatic carbocycles. The van der Waals surface area contributed by atoms with Gasteiger partial charge in [-0.25, -0.2) is 13.1 Å². The van der Waals surface area contributed by atoms with E-state index in [0.717, 1.165) is 19.3 Å². The zero-order valence-electron chi connectivity index (χ0n) is 14.4. The Morgan fingerprint density at radius 1 is 1.36 bits per heavy atom. The number of nitrogens with one attached hydrogen (secondary N) is 1. The average molecular weight is 361 g/mol. The molecular formula is C18H23N3O3S. The van der Waals surface area contributed by atoms with Crippen LogP contribution in [-0.4, -0.2) is 44.1 Å². The molecule has 0 aromatic heterocycles. The summed E-state index contributed by atoms with van der Waals surface area (Å²) < 4.78 is 26.4. The topological polar surface area (TPSA) is 90.3 Å². The zero-order valence-corrected chi connectivity index (χ0v) is 15.2. The molecule has 2 fully saturated rings. The molecule has 1 N–H and O–H groups in total. The van der Waals surface area contributed by atoms with Crippen LogP contribution in [0.25, 0.3) is 0 Å². The second-order valence-electron chi connectivity index (χ2n) is 7.29. The summed E-state index contributed by atoms with van der Waals surface area (Å²) in [6, 6.07) is 8.73. The van der Waals surface area contributed by atoms with E-state index in [0.29, 0.717) is 43.0 Å². The SMILES string of the molecule is CS(=O)(=O)NC1(CC2CC2)CCN(C(=O)c2cccc(C#N)c2)CC1. The maximum absolute atomic E-state index is 12.7. The molecule has 0 bridgehead atoms. The van der Waals surface area contributed by atoms with Gasteiger partial charge in [0.25, 0.3) is 5.91 Å². The summed E-state index contributed by atoms with van der Waals surface area (Å²) in [7, 11) is -3.29. The van der Waals surface area contributed by atoms with E-state index < -0.39 is 15.6 Å². The lowest BCUT2D eigenvalue weighted by molar-refractivity contribution is 0.0649. The summed E-state index contributed by atoms with van der Waals surface area (Å²) in [5.41, 5.74) is 0.537. The number of nitrogens with zero attached hydrogens (tertiary/aromatic N) is 2. The molecule has 25 heavy (non-hydrogen) atoms. The summed E-state index contributed by atoms with van der Waals surface area (Å²) >= 11 is 0.